The van der Waals surface area contributed by atoms with Crippen LogP contribution in [0.3, 0.4) is 0 Å². The van der Waals surface area contributed by atoms with Gasteiger partial charge in [0.25, 0.3) is 0 Å². The predicted molar refractivity (Wildman–Crippen MR) is 26.6 cm³/mol. The summed E-state index contributed by atoms with van der Waals surface area (Å²) in [5, 5.41) is 0. The van der Waals surface area contributed by atoms with E-state index in [1.807, 2.05) is 0 Å². The molecule has 0 fully saturated rings. The van der Waals surface area contributed by atoms with Gasteiger partial charge in [-0.05, 0) is 0 Å². The van der Waals surface area contributed by atoms with Crippen molar-refractivity contribution in [2.75, 3.05) is 0 Å². The molecule has 0 aliphatic carbocycles. The SMILES string of the molecule is [CH2-]CCCC=O.[O]=[Ti]=[O].[Ta]. The Morgan fingerprint density at radius 2 is 1.80 bits per heavy atom. The number of carbonyl (C=O) groups excluding carboxylic acids is 1. The van der Waals surface area contributed by atoms with Crippen LogP contribution in [-0.2, 0) is 52.9 Å². The van der Waals surface area contributed by atoms with Crippen LogP contribution in [0.15, 0.2) is 0 Å². The Bertz CT molecular complexity index is 90.9. The quantitative estimate of drug-likeness (QED) is 0.331. The van der Waals surface area contributed by atoms with Gasteiger partial charge in [0.1, 0.15) is 6.29 Å². The van der Waals surface area contributed by atoms with E-state index in [4.69, 9.17) is 6.65 Å². The molecule has 0 aliphatic heterocycles. The minimum absolute atomic E-state index is 0. The normalized spacial score (nSPS) is 5.70. The van der Waals surface area contributed by atoms with Crippen molar-refractivity contribution >= 4 is 6.29 Å². The van der Waals surface area contributed by atoms with Gasteiger partial charge in [0.15, 0.2) is 0 Å². The minimum Gasteiger partial charge on any atom is 0 e. The van der Waals surface area contributed by atoms with Crippen molar-refractivity contribution in [3.8, 4) is 0 Å². The zero-order valence-electron chi connectivity index (χ0n) is 5.58. The summed E-state index contributed by atoms with van der Waals surface area (Å²) in [5.41, 5.74) is 0. The summed E-state index contributed by atoms with van der Waals surface area (Å²) in [4.78, 5) is 9.54. The van der Waals surface area contributed by atoms with E-state index in [0.717, 1.165) is 19.1 Å². The number of rotatable bonds is 3. The molecule has 57 valence electrons. The molecule has 0 unspecified atom stereocenters. The molecular weight excluding hydrogens is 337 g/mol. The van der Waals surface area contributed by atoms with Gasteiger partial charge in [-0.3, -0.25) is 0 Å². The van der Waals surface area contributed by atoms with Crippen molar-refractivity contribution < 1.29 is 52.9 Å². The van der Waals surface area contributed by atoms with Crippen LogP contribution in [0.2, 0.25) is 0 Å². The zero-order valence-corrected chi connectivity index (χ0v) is 10.4. The van der Waals surface area contributed by atoms with Crippen LogP contribution in [0.25, 0.3) is 0 Å². The molecule has 1 radical (unpaired) electrons. The minimum atomic E-state index is -2.00. The van der Waals surface area contributed by atoms with Crippen LogP contribution in [0.5, 0.6) is 0 Å². The largest absolute Gasteiger partial charge is 0 e. The third-order valence-electron chi connectivity index (χ3n) is 0.572. The third-order valence-corrected chi connectivity index (χ3v) is 0.572. The van der Waals surface area contributed by atoms with Crippen molar-refractivity contribution in [2.45, 2.75) is 19.3 Å². The van der Waals surface area contributed by atoms with E-state index in [0.29, 0.717) is 6.42 Å². The Morgan fingerprint density at radius 3 is 1.90 bits per heavy atom. The second kappa shape index (κ2) is 22.6. The van der Waals surface area contributed by atoms with Crippen molar-refractivity contribution in [1.29, 1.82) is 0 Å². The summed E-state index contributed by atoms with van der Waals surface area (Å²) >= 11 is -2.00. The molecule has 0 saturated carbocycles. The first kappa shape index (κ1) is 17.0. The summed E-state index contributed by atoms with van der Waals surface area (Å²) in [6.07, 6.45) is 3.40. The van der Waals surface area contributed by atoms with E-state index >= 15 is 0 Å². The van der Waals surface area contributed by atoms with Crippen LogP contribution in [-0.4, -0.2) is 6.29 Å². The van der Waals surface area contributed by atoms with Crippen LogP contribution >= 0.6 is 0 Å². The molecular formula is C5H9O3TaTi-. The van der Waals surface area contributed by atoms with Gasteiger partial charge in [-0.2, -0.15) is 6.42 Å². The summed E-state index contributed by atoms with van der Waals surface area (Å²) in [7, 11) is 0. The molecule has 3 nitrogen and oxygen atoms in total. The van der Waals surface area contributed by atoms with Crippen molar-refractivity contribution in [1.82, 2.24) is 0 Å². The summed E-state index contributed by atoms with van der Waals surface area (Å²) in [6, 6.07) is 0. The van der Waals surface area contributed by atoms with E-state index < -0.39 is 19.1 Å². The Kier molecular flexibility index (Phi) is 38.4. The van der Waals surface area contributed by atoms with Crippen molar-refractivity contribution in [3.63, 3.8) is 0 Å². The maximum Gasteiger partial charge on any atom is 0 e. The third kappa shape index (κ3) is 37.5. The van der Waals surface area contributed by atoms with E-state index in [9.17, 15) is 4.79 Å². The number of carbonyl (C=O) groups is 1. The van der Waals surface area contributed by atoms with E-state index in [1.165, 1.54) is 0 Å². The first-order valence-corrected chi connectivity index (χ1v) is 3.83. The maximum atomic E-state index is 9.54. The Morgan fingerprint density at radius 1 is 1.40 bits per heavy atom. The average molecular weight is 346 g/mol. The first-order valence-electron chi connectivity index (χ1n) is 2.55. The summed E-state index contributed by atoms with van der Waals surface area (Å²) in [6.45, 7) is 3.56. The summed E-state index contributed by atoms with van der Waals surface area (Å²) in [5.74, 6) is 0. The molecule has 10 heavy (non-hydrogen) atoms. The summed E-state index contributed by atoms with van der Waals surface area (Å²) < 4.78 is 17.0. The van der Waals surface area contributed by atoms with Crippen molar-refractivity contribution in [2.24, 2.45) is 0 Å². The van der Waals surface area contributed by atoms with Gasteiger partial charge in [0, 0.05) is 28.8 Å². The molecule has 0 heterocycles. The monoisotopic (exact) mass is 346 g/mol. The standard InChI is InChI=1S/C5H9O.2O.Ta.Ti/c1-2-3-4-5-6;;;;/h5H,1-4H2;;;;/q-1;;;;. The van der Waals surface area contributed by atoms with E-state index in [-0.39, 0.29) is 22.4 Å². The number of hydrogen-bond acceptors (Lipinski definition) is 3. The first-order chi connectivity index (χ1) is 4.33. The van der Waals surface area contributed by atoms with E-state index in [2.05, 4.69) is 6.92 Å². The van der Waals surface area contributed by atoms with Gasteiger partial charge < -0.3 is 11.7 Å². The molecule has 0 aromatic rings. The molecule has 0 aromatic heterocycles. The van der Waals surface area contributed by atoms with E-state index in [1.54, 1.807) is 0 Å². The molecule has 0 spiro atoms. The second-order valence-corrected chi connectivity index (χ2v) is 1.51. The Hall–Kier alpha value is 0.725. The zero-order chi connectivity index (χ0) is 7.54. The molecule has 0 aromatic carbocycles. The van der Waals surface area contributed by atoms with Crippen LogP contribution in [0.4, 0.5) is 0 Å². The van der Waals surface area contributed by atoms with Gasteiger partial charge in [-0.25, -0.2) is 0 Å². The number of aldehydes is 1. The smallest absolute Gasteiger partial charge is 0 e. The molecule has 0 aliphatic rings. The molecule has 0 atom stereocenters. The fourth-order valence-corrected chi connectivity index (χ4v) is 0.228. The fraction of sp³-hybridized carbons (Fsp3) is 0.600. The van der Waals surface area contributed by atoms with Gasteiger partial charge in [-0.1, -0.05) is 6.42 Å². The van der Waals surface area contributed by atoms with Gasteiger partial charge in [-0.15, -0.1) is 0 Å². The number of unbranched alkanes of at least 4 members (excludes halogenated alkanes) is 2. The Balaban J connectivity index is -0.000000107. The predicted octanol–water partition coefficient (Wildman–Crippen LogP) is 0.947. The topological polar surface area (TPSA) is 51.2 Å². The molecule has 0 saturated heterocycles. The molecule has 0 bridgehead atoms. The molecule has 0 rings (SSSR count). The van der Waals surface area contributed by atoms with Crippen molar-refractivity contribution in [3.05, 3.63) is 6.92 Å². The average Bonchev–Trinajstić information content (AvgIpc) is 1.86. The molecule has 0 N–H and O–H groups in total. The molecule has 5 heteroatoms. The van der Waals surface area contributed by atoms with Crippen LogP contribution < -0.4 is 0 Å². The van der Waals surface area contributed by atoms with Crippen LogP contribution in [0.1, 0.15) is 19.3 Å². The van der Waals surface area contributed by atoms with Gasteiger partial charge >= 0.3 is 25.7 Å². The number of hydrogen-bond donors (Lipinski definition) is 0. The van der Waals surface area contributed by atoms with Gasteiger partial charge in [0.2, 0.25) is 0 Å². The Labute approximate surface area is 85.0 Å². The fourth-order valence-electron chi connectivity index (χ4n) is 0.228. The van der Waals surface area contributed by atoms with Gasteiger partial charge in [0.05, 0.1) is 0 Å². The second-order valence-electron chi connectivity index (χ2n) is 1.25. The van der Waals surface area contributed by atoms with Crippen LogP contribution in [0, 0.1) is 6.92 Å². The maximum absolute atomic E-state index is 9.54. The molecule has 0 amide bonds.